The molecule has 0 radical (unpaired) electrons. The number of nitrogens with zero attached hydrogens (tertiary/aromatic N) is 3. The molecular weight excluding hydrogens is 438 g/mol. The van der Waals surface area contributed by atoms with Crippen molar-refractivity contribution in [1.82, 2.24) is 14.8 Å². The number of benzene rings is 2. The van der Waals surface area contributed by atoms with Crippen molar-refractivity contribution in [3.8, 4) is 5.69 Å². The predicted molar refractivity (Wildman–Crippen MR) is 103 cm³/mol. The maximum Gasteiger partial charge on any atom is 0.433 e. The summed E-state index contributed by atoms with van der Waals surface area (Å²) in [6.45, 7) is 0. The van der Waals surface area contributed by atoms with Crippen LogP contribution in [0.1, 0.15) is 21.6 Å². The normalized spacial score (nSPS) is 12.2. The molecule has 0 spiro atoms. The molecule has 2 aromatic carbocycles. The number of hydrogen-bond acceptors (Lipinski definition) is 3. The van der Waals surface area contributed by atoms with Gasteiger partial charge in [0.25, 0.3) is 5.91 Å². The van der Waals surface area contributed by atoms with Gasteiger partial charge in [0, 0.05) is 5.39 Å². The van der Waals surface area contributed by atoms with Crippen molar-refractivity contribution >= 4 is 22.5 Å². The van der Waals surface area contributed by atoms with Crippen LogP contribution < -0.4 is 5.32 Å². The molecule has 2 aromatic heterocycles. The first-order valence-electron chi connectivity index (χ1n) is 9.03. The molecule has 1 amide bonds. The van der Waals surface area contributed by atoms with Crippen molar-refractivity contribution in [2.24, 2.45) is 0 Å². The highest BCUT2D eigenvalue weighted by atomic mass is 19.4. The Hall–Kier alpha value is -3.89. The molecule has 5 nitrogen and oxygen atoms in total. The van der Waals surface area contributed by atoms with Crippen LogP contribution in [0, 0.1) is 0 Å². The van der Waals surface area contributed by atoms with Gasteiger partial charge in [-0.05, 0) is 36.4 Å². The van der Waals surface area contributed by atoms with Crippen LogP contribution in [0.25, 0.3) is 16.6 Å². The number of carbonyl (C=O) groups is 1. The van der Waals surface area contributed by atoms with Crippen LogP contribution >= 0.6 is 0 Å². The Bertz CT molecular complexity index is 1290. The highest BCUT2D eigenvalue weighted by Crippen LogP contribution is 2.33. The first kappa shape index (κ1) is 21.3. The van der Waals surface area contributed by atoms with Gasteiger partial charge in [-0.3, -0.25) is 4.79 Å². The third-order valence-corrected chi connectivity index (χ3v) is 4.62. The molecule has 0 saturated heterocycles. The number of alkyl halides is 6. The zero-order chi connectivity index (χ0) is 23.1. The summed E-state index contributed by atoms with van der Waals surface area (Å²) >= 11 is 0. The molecule has 2 heterocycles. The van der Waals surface area contributed by atoms with Gasteiger partial charge in [-0.25, -0.2) is 9.67 Å². The van der Waals surface area contributed by atoms with Crippen molar-refractivity contribution in [2.45, 2.75) is 12.4 Å². The van der Waals surface area contributed by atoms with Crippen LogP contribution in [0.4, 0.5) is 32.0 Å². The van der Waals surface area contributed by atoms with E-state index in [1.165, 1.54) is 41.2 Å². The van der Waals surface area contributed by atoms with Crippen LogP contribution in [0.15, 0.2) is 67.0 Å². The number of fused-ring (bicyclic) bond motifs is 1. The average molecular weight is 450 g/mol. The summed E-state index contributed by atoms with van der Waals surface area (Å²) in [6.07, 6.45) is -6.95. The number of rotatable bonds is 3. The summed E-state index contributed by atoms with van der Waals surface area (Å²) in [4.78, 5) is 16.0. The average Bonchev–Trinajstić information content (AvgIpc) is 3.18. The smallest absolute Gasteiger partial charge is 0.321 e. The van der Waals surface area contributed by atoms with Crippen LogP contribution in [0.2, 0.25) is 0 Å². The Morgan fingerprint density at radius 2 is 1.59 bits per heavy atom. The Morgan fingerprint density at radius 1 is 0.844 bits per heavy atom. The second kappa shape index (κ2) is 7.66. The maximum atomic E-state index is 13.2. The van der Waals surface area contributed by atoms with Gasteiger partial charge in [0.05, 0.1) is 40.4 Å². The molecule has 4 rings (SSSR count). The van der Waals surface area contributed by atoms with Crippen LogP contribution in [-0.2, 0) is 12.4 Å². The second-order valence-corrected chi connectivity index (χ2v) is 6.69. The second-order valence-electron chi connectivity index (χ2n) is 6.69. The molecular formula is C21H12F6N4O. The highest BCUT2D eigenvalue weighted by molar-refractivity contribution is 6.09. The molecule has 0 unspecified atom stereocenters. The van der Waals surface area contributed by atoms with Crippen molar-refractivity contribution in [3.05, 3.63) is 83.8 Å². The van der Waals surface area contributed by atoms with E-state index in [0.717, 1.165) is 24.4 Å². The van der Waals surface area contributed by atoms with Gasteiger partial charge in [0.1, 0.15) is 5.69 Å². The fourth-order valence-electron chi connectivity index (χ4n) is 3.16. The van der Waals surface area contributed by atoms with E-state index in [-0.39, 0.29) is 11.4 Å². The molecule has 1 N–H and O–H groups in total. The van der Waals surface area contributed by atoms with E-state index in [1.807, 2.05) is 0 Å². The number of pyridine rings is 1. The number of amides is 1. The fraction of sp³-hybridized carbons (Fsp3) is 0.0952. The zero-order valence-corrected chi connectivity index (χ0v) is 15.9. The largest absolute Gasteiger partial charge is 0.433 e. The van der Waals surface area contributed by atoms with Crippen LogP contribution in [-0.4, -0.2) is 20.7 Å². The molecule has 0 atom stereocenters. The number of carbonyl (C=O) groups excluding carboxylic acids is 1. The van der Waals surface area contributed by atoms with E-state index in [4.69, 9.17) is 0 Å². The third-order valence-electron chi connectivity index (χ3n) is 4.62. The molecule has 11 heteroatoms. The minimum absolute atomic E-state index is 0.190. The third kappa shape index (κ3) is 4.01. The topological polar surface area (TPSA) is 59.8 Å². The number of halogens is 6. The van der Waals surface area contributed by atoms with Crippen LogP contribution in [0.5, 0.6) is 0 Å². The first-order chi connectivity index (χ1) is 15.1. The van der Waals surface area contributed by atoms with Crippen molar-refractivity contribution < 1.29 is 31.1 Å². The van der Waals surface area contributed by atoms with Crippen molar-refractivity contribution in [3.63, 3.8) is 0 Å². The minimum Gasteiger partial charge on any atom is -0.321 e. The lowest BCUT2D eigenvalue weighted by atomic mass is 10.1. The number of hydrogen-bond donors (Lipinski definition) is 1. The lowest BCUT2D eigenvalue weighted by Crippen LogP contribution is -2.18. The van der Waals surface area contributed by atoms with E-state index in [9.17, 15) is 31.1 Å². The van der Waals surface area contributed by atoms with Gasteiger partial charge in [-0.1, -0.05) is 18.2 Å². The summed E-state index contributed by atoms with van der Waals surface area (Å²) in [5, 5.41) is 6.95. The molecule has 4 aromatic rings. The molecule has 0 bridgehead atoms. The minimum atomic E-state index is -4.71. The van der Waals surface area contributed by atoms with Gasteiger partial charge in [0.15, 0.2) is 0 Å². The molecule has 0 saturated carbocycles. The fourth-order valence-corrected chi connectivity index (χ4v) is 3.16. The maximum absolute atomic E-state index is 13.2. The SMILES string of the molecule is O=C(Nc1cccc2c1cnn2-c1ccc(C(F)(F)F)nc1)c1ccccc1C(F)(F)F. The van der Waals surface area contributed by atoms with E-state index < -0.39 is 35.1 Å². The summed E-state index contributed by atoms with van der Waals surface area (Å²) in [5.74, 6) is -0.964. The van der Waals surface area contributed by atoms with E-state index in [2.05, 4.69) is 15.4 Å². The van der Waals surface area contributed by atoms with E-state index >= 15 is 0 Å². The molecule has 32 heavy (non-hydrogen) atoms. The van der Waals surface area contributed by atoms with Crippen LogP contribution in [0.3, 0.4) is 0 Å². The lowest BCUT2D eigenvalue weighted by molar-refractivity contribution is -0.141. The zero-order valence-electron chi connectivity index (χ0n) is 15.9. The van der Waals surface area contributed by atoms with E-state index in [1.54, 1.807) is 6.07 Å². The Balaban J connectivity index is 1.68. The first-order valence-corrected chi connectivity index (χ1v) is 9.03. The van der Waals surface area contributed by atoms with Crippen molar-refractivity contribution in [2.75, 3.05) is 5.32 Å². The Kier molecular flexibility index (Phi) is 5.11. The molecule has 164 valence electrons. The number of anilines is 1. The summed E-state index contributed by atoms with van der Waals surface area (Å²) in [6, 6.07) is 11.0. The molecule has 0 aliphatic carbocycles. The van der Waals surface area contributed by atoms with Gasteiger partial charge in [0.2, 0.25) is 0 Å². The molecule has 0 fully saturated rings. The summed E-state index contributed by atoms with van der Waals surface area (Å²) < 4.78 is 79.2. The predicted octanol–water partition coefficient (Wildman–Crippen LogP) is 5.71. The summed E-state index contributed by atoms with van der Waals surface area (Å²) in [7, 11) is 0. The quantitative estimate of drug-likeness (QED) is 0.407. The van der Waals surface area contributed by atoms with Gasteiger partial charge >= 0.3 is 12.4 Å². The summed E-state index contributed by atoms with van der Waals surface area (Å²) in [5.41, 5.74) is -1.84. The van der Waals surface area contributed by atoms with Gasteiger partial charge < -0.3 is 5.32 Å². The number of nitrogens with one attached hydrogen (secondary N) is 1. The number of aromatic nitrogens is 3. The van der Waals surface area contributed by atoms with Gasteiger partial charge in [-0.2, -0.15) is 31.4 Å². The van der Waals surface area contributed by atoms with Crippen molar-refractivity contribution in [1.29, 1.82) is 0 Å². The standard InChI is InChI=1S/C21H12F6N4O/c22-20(23,24)15-5-2-1-4-13(15)19(32)30-16-6-3-7-17-14(16)11-29-31(17)12-8-9-18(28-10-12)21(25,26)27/h1-11H,(H,30,32). The van der Waals surface area contributed by atoms with E-state index in [0.29, 0.717) is 10.9 Å². The van der Waals surface area contributed by atoms with Gasteiger partial charge in [-0.15, -0.1) is 0 Å². The molecule has 0 aliphatic heterocycles. The Labute approximate surface area is 176 Å². The highest BCUT2D eigenvalue weighted by Gasteiger charge is 2.35. The monoisotopic (exact) mass is 450 g/mol. The lowest BCUT2D eigenvalue weighted by Gasteiger charge is -2.13. The molecule has 0 aliphatic rings. The Morgan fingerprint density at radius 3 is 2.25 bits per heavy atom.